The first-order valence-corrected chi connectivity index (χ1v) is 14.2. The molecule has 1 saturated heterocycles. The van der Waals surface area contributed by atoms with Gasteiger partial charge in [0, 0.05) is 37.2 Å². The molecule has 2 aliphatic heterocycles. The average molecular weight is 640 g/mol. The summed E-state index contributed by atoms with van der Waals surface area (Å²) in [4.78, 5) is 24.5. The predicted molar refractivity (Wildman–Crippen MR) is 153 cm³/mol. The molecule has 2 atom stereocenters. The van der Waals surface area contributed by atoms with Crippen molar-refractivity contribution >= 4 is 23.3 Å². The Morgan fingerprint density at radius 3 is 2.31 bits per heavy atom. The lowest BCUT2D eigenvalue weighted by molar-refractivity contribution is -0.143. The van der Waals surface area contributed by atoms with Gasteiger partial charge in [0.25, 0.3) is 0 Å². The second kappa shape index (κ2) is 12.6. The third-order valence-electron chi connectivity index (χ3n) is 7.91. The number of alkyl halides is 6. The number of ether oxygens (including phenoxy) is 2. The van der Waals surface area contributed by atoms with E-state index in [-0.39, 0.29) is 36.2 Å². The second-order valence-electron chi connectivity index (χ2n) is 10.8. The van der Waals surface area contributed by atoms with E-state index in [9.17, 15) is 36.2 Å². The van der Waals surface area contributed by atoms with Crippen molar-refractivity contribution in [1.29, 1.82) is 0 Å². The highest BCUT2D eigenvalue weighted by molar-refractivity contribution is 5.88. The monoisotopic (exact) mass is 639 g/mol. The third-order valence-corrected chi connectivity index (χ3v) is 7.91. The number of hydrogen-bond acceptors (Lipinski definition) is 7. The first-order valence-electron chi connectivity index (χ1n) is 14.2. The molecule has 0 unspecified atom stereocenters. The van der Waals surface area contributed by atoms with Crippen molar-refractivity contribution < 1.29 is 45.7 Å². The number of nitrogens with one attached hydrogen (secondary N) is 1. The fourth-order valence-corrected chi connectivity index (χ4v) is 5.71. The summed E-state index contributed by atoms with van der Waals surface area (Å²) in [6.45, 7) is 3.79. The van der Waals surface area contributed by atoms with E-state index >= 15 is 0 Å². The zero-order valence-electron chi connectivity index (χ0n) is 24.4. The van der Waals surface area contributed by atoms with E-state index in [2.05, 4.69) is 15.3 Å². The maximum Gasteiger partial charge on any atom is 0.416 e. The fourth-order valence-electron chi connectivity index (χ4n) is 5.71. The highest BCUT2D eigenvalue weighted by Gasteiger charge is 2.39. The molecule has 3 aromatic rings. The van der Waals surface area contributed by atoms with Crippen molar-refractivity contribution in [3.05, 3.63) is 70.5 Å². The van der Waals surface area contributed by atoms with Crippen LogP contribution in [0.15, 0.2) is 42.6 Å². The van der Waals surface area contributed by atoms with Gasteiger partial charge in [0.05, 0.1) is 60.8 Å². The van der Waals surface area contributed by atoms with Gasteiger partial charge >= 0.3 is 18.4 Å². The normalized spacial score (nSPS) is 18.8. The molecular formula is C30H31F6N5O4. The zero-order valence-corrected chi connectivity index (χ0v) is 24.4. The number of benzene rings is 1. The van der Waals surface area contributed by atoms with E-state index in [4.69, 9.17) is 9.47 Å². The van der Waals surface area contributed by atoms with Gasteiger partial charge in [-0.1, -0.05) is 6.92 Å². The molecule has 0 bridgehead atoms. The van der Waals surface area contributed by atoms with E-state index in [0.717, 1.165) is 0 Å². The highest BCUT2D eigenvalue weighted by Crippen LogP contribution is 2.41. The summed E-state index contributed by atoms with van der Waals surface area (Å²) in [6, 6.07) is 5.28. The Hall–Kier alpha value is -4.27. The minimum absolute atomic E-state index is 0.0994. The van der Waals surface area contributed by atoms with Gasteiger partial charge in [-0.15, -0.1) is 0 Å². The Morgan fingerprint density at radius 1 is 1.07 bits per heavy atom. The quantitative estimate of drug-likeness (QED) is 0.274. The molecule has 0 saturated carbocycles. The maximum atomic E-state index is 13.7. The summed E-state index contributed by atoms with van der Waals surface area (Å²) in [5, 5.41) is 13.3. The van der Waals surface area contributed by atoms with Crippen LogP contribution in [0.5, 0.6) is 5.88 Å². The van der Waals surface area contributed by atoms with E-state index in [1.165, 1.54) is 18.1 Å². The lowest BCUT2D eigenvalue weighted by atomic mass is 9.93. The number of halogens is 6. The Balaban J connectivity index is 1.59. The number of pyridine rings is 2. The topological polar surface area (TPSA) is 100 Å². The number of nitrogens with zero attached hydrogens (tertiary/aromatic N) is 4. The molecule has 1 amide bonds. The largest absolute Gasteiger partial charge is 0.481 e. The van der Waals surface area contributed by atoms with Crippen LogP contribution in [0.3, 0.4) is 0 Å². The van der Waals surface area contributed by atoms with Gasteiger partial charge in [0.1, 0.15) is 5.82 Å². The van der Waals surface area contributed by atoms with E-state index in [1.807, 2.05) is 11.8 Å². The molecule has 2 aromatic heterocycles. The van der Waals surface area contributed by atoms with Gasteiger partial charge in [-0.05, 0) is 48.7 Å². The van der Waals surface area contributed by atoms with Crippen molar-refractivity contribution in [2.45, 2.75) is 50.6 Å². The van der Waals surface area contributed by atoms with Gasteiger partial charge in [-0.25, -0.2) is 14.8 Å². The number of carbonyl (C=O) groups is 1. The Labute approximate surface area is 254 Å². The lowest BCUT2D eigenvalue weighted by Crippen LogP contribution is -2.45. The molecule has 1 aromatic carbocycles. The molecule has 2 aliphatic rings. The van der Waals surface area contributed by atoms with Crippen LogP contribution in [-0.4, -0.2) is 60.6 Å². The highest BCUT2D eigenvalue weighted by atomic mass is 19.4. The van der Waals surface area contributed by atoms with Crippen LogP contribution in [0, 0.1) is 0 Å². The van der Waals surface area contributed by atoms with Crippen molar-refractivity contribution in [2.75, 3.05) is 48.5 Å². The number of morpholine rings is 1. The number of methoxy groups -OCH3 is 1. The van der Waals surface area contributed by atoms with Gasteiger partial charge in [0.15, 0.2) is 0 Å². The van der Waals surface area contributed by atoms with E-state index in [1.54, 1.807) is 18.3 Å². The van der Waals surface area contributed by atoms with Crippen LogP contribution in [-0.2, 0) is 23.5 Å². The van der Waals surface area contributed by atoms with Crippen molar-refractivity contribution in [3.63, 3.8) is 0 Å². The molecule has 5 rings (SSSR count). The van der Waals surface area contributed by atoms with Crippen LogP contribution in [0.25, 0.3) is 0 Å². The van der Waals surface area contributed by atoms with Gasteiger partial charge in [-0.3, -0.25) is 4.90 Å². The van der Waals surface area contributed by atoms with Crippen LogP contribution in [0.4, 0.5) is 48.3 Å². The average Bonchev–Trinajstić information content (AvgIpc) is 3.00. The number of hydrogen-bond donors (Lipinski definition) is 2. The van der Waals surface area contributed by atoms with E-state index < -0.39 is 41.7 Å². The summed E-state index contributed by atoms with van der Waals surface area (Å²) in [7, 11) is 1.41. The third kappa shape index (κ3) is 7.02. The summed E-state index contributed by atoms with van der Waals surface area (Å²) in [6.07, 6.45) is -9.13. The molecule has 1 fully saturated rings. The molecule has 0 radical (unpaired) electrons. The first kappa shape index (κ1) is 32.1. The van der Waals surface area contributed by atoms with Crippen LogP contribution < -0.4 is 19.9 Å². The molecule has 15 heteroatoms. The first-order chi connectivity index (χ1) is 21.3. The minimum Gasteiger partial charge on any atom is -0.481 e. The zero-order chi connectivity index (χ0) is 32.5. The van der Waals surface area contributed by atoms with Crippen molar-refractivity contribution in [2.24, 2.45) is 0 Å². The Bertz CT molecular complexity index is 1510. The maximum absolute atomic E-state index is 13.7. The SMILES string of the molecule is CC[C@@H]1C[C@H](Nc2ncc(N3CCOCC3)cc2Cc2cc(C(F)(F)F)cc(C(F)(F)F)c2)c2nc(OC)ccc2N1C(=O)O. The summed E-state index contributed by atoms with van der Waals surface area (Å²) in [5.74, 6) is 0.456. The molecule has 0 spiro atoms. The number of fused-ring (bicyclic) bond motifs is 1. The fraction of sp³-hybridized carbons (Fsp3) is 0.433. The summed E-state index contributed by atoms with van der Waals surface area (Å²) < 4.78 is 92.6. The van der Waals surface area contributed by atoms with Crippen molar-refractivity contribution in [3.8, 4) is 5.88 Å². The van der Waals surface area contributed by atoms with E-state index in [0.29, 0.717) is 67.5 Å². The summed E-state index contributed by atoms with van der Waals surface area (Å²) >= 11 is 0. The summed E-state index contributed by atoms with van der Waals surface area (Å²) in [5.41, 5.74) is -1.34. The lowest BCUT2D eigenvalue weighted by Gasteiger charge is -2.39. The smallest absolute Gasteiger partial charge is 0.416 e. The predicted octanol–water partition coefficient (Wildman–Crippen LogP) is 6.77. The molecule has 4 heterocycles. The second-order valence-corrected chi connectivity index (χ2v) is 10.8. The van der Waals surface area contributed by atoms with Gasteiger partial charge < -0.3 is 24.8 Å². The van der Waals surface area contributed by atoms with Crippen LogP contribution in [0.2, 0.25) is 0 Å². The Kier molecular flexibility index (Phi) is 9.01. The molecule has 242 valence electrons. The molecule has 45 heavy (non-hydrogen) atoms. The number of anilines is 3. The number of rotatable bonds is 7. The molecule has 9 nitrogen and oxygen atoms in total. The van der Waals surface area contributed by atoms with Gasteiger partial charge in [0.2, 0.25) is 5.88 Å². The van der Waals surface area contributed by atoms with Gasteiger partial charge in [-0.2, -0.15) is 26.3 Å². The standard InChI is InChI=1S/C30H31F6N5O4/c1-3-21-15-23(26-24(41(21)28(42)43)4-5-25(39-26)44-2)38-27-18(13-22(16-37-27)40-6-8-45-9-7-40)10-17-11-19(29(31,32)33)14-20(12-17)30(34,35)36/h4-5,11-14,16,21,23H,3,6-10,15H2,1-2H3,(H,37,38)(H,42,43)/t21-,23+/m1/s1. The molecular weight excluding hydrogens is 608 g/mol. The van der Waals surface area contributed by atoms with Crippen LogP contribution >= 0.6 is 0 Å². The van der Waals surface area contributed by atoms with Crippen molar-refractivity contribution in [1.82, 2.24) is 9.97 Å². The number of carboxylic acid groups (broad SMARTS) is 1. The molecule has 0 aliphatic carbocycles. The molecule has 2 N–H and O–H groups in total. The van der Waals surface area contributed by atoms with Crippen LogP contribution in [0.1, 0.15) is 53.8 Å². The number of amides is 1. The number of aromatic nitrogens is 2. The Morgan fingerprint density at radius 2 is 1.73 bits per heavy atom. The minimum atomic E-state index is -4.99.